The molecule has 3 rings (SSSR count). The van der Waals surface area contributed by atoms with Crippen LogP contribution in [-0.4, -0.2) is 39.0 Å². The van der Waals surface area contributed by atoms with Crippen molar-refractivity contribution in [1.82, 2.24) is 14.3 Å². The molecule has 0 saturated carbocycles. The SMILES string of the molecule is CCc1c(C(=O)N2CCCCC2C(F)(F)F)nc2cc(C#N)ccn12. The number of likely N-dealkylation sites (tertiary alicyclic amines) is 1. The molecule has 1 aliphatic rings. The van der Waals surface area contributed by atoms with Gasteiger partial charge in [0, 0.05) is 12.7 Å². The highest BCUT2D eigenvalue weighted by molar-refractivity contribution is 5.94. The maximum absolute atomic E-state index is 13.3. The van der Waals surface area contributed by atoms with Crippen molar-refractivity contribution in [3.05, 3.63) is 35.3 Å². The lowest BCUT2D eigenvalue weighted by Crippen LogP contribution is -2.51. The Balaban J connectivity index is 2.05. The number of pyridine rings is 1. The number of hydrogen-bond acceptors (Lipinski definition) is 3. The fourth-order valence-electron chi connectivity index (χ4n) is 3.33. The smallest absolute Gasteiger partial charge is 0.325 e. The highest BCUT2D eigenvalue weighted by atomic mass is 19.4. The summed E-state index contributed by atoms with van der Waals surface area (Å²) in [4.78, 5) is 18.0. The Morgan fingerprint density at radius 2 is 2.20 bits per heavy atom. The first kappa shape index (κ1) is 17.3. The van der Waals surface area contributed by atoms with Gasteiger partial charge in [0.15, 0.2) is 5.69 Å². The second-order valence-electron chi connectivity index (χ2n) is 6.07. The zero-order chi connectivity index (χ0) is 18.2. The number of imidazole rings is 1. The van der Waals surface area contributed by atoms with Gasteiger partial charge < -0.3 is 9.30 Å². The van der Waals surface area contributed by atoms with Crippen molar-refractivity contribution in [2.45, 2.75) is 44.8 Å². The van der Waals surface area contributed by atoms with Gasteiger partial charge in [0.25, 0.3) is 5.91 Å². The van der Waals surface area contributed by atoms with Gasteiger partial charge in [-0.1, -0.05) is 6.92 Å². The molecular formula is C17H17F3N4O. The number of amides is 1. The molecule has 8 heteroatoms. The number of aryl methyl sites for hydroxylation is 1. The molecule has 3 heterocycles. The molecule has 5 nitrogen and oxygen atoms in total. The summed E-state index contributed by atoms with van der Waals surface area (Å²) in [6.45, 7) is 1.89. The summed E-state index contributed by atoms with van der Waals surface area (Å²) < 4.78 is 41.5. The van der Waals surface area contributed by atoms with Crippen LogP contribution in [0.15, 0.2) is 18.3 Å². The van der Waals surface area contributed by atoms with Crippen molar-refractivity contribution in [2.75, 3.05) is 6.54 Å². The fraction of sp³-hybridized carbons (Fsp3) is 0.471. The molecule has 1 unspecified atom stereocenters. The number of rotatable bonds is 2. The molecule has 0 bridgehead atoms. The summed E-state index contributed by atoms with van der Waals surface area (Å²) in [7, 11) is 0. The van der Waals surface area contributed by atoms with Crippen LogP contribution in [0.2, 0.25) is 0 Å². The third kappa shape index (κ3) is 3.06. The molecule has 0 spiro atoms. The van der Waals surface area contributed by atoms with E-state index in [1.165, 1.54) is 6.07 Å². The molecule has 1 amide bonds. The number of carbonyl (C=O) groups is 1. The van der Waals surface area contributed by atoms with Crippen molar-refractivity contribution >= 4 is 11.6 Å². The molecule has 0 aromatic carbocycles. The topological polar surface area (TPSA) is 61.4 Å². The standard InChI is InChI=1S/C17H17F3N4O/c1-2-12-15(22-14-9-11(10-21)6-8-23(12)14)16(25)24-7-4-3-5-13(24)17(18,19)20/h6,8-9,13H,2-5,7H2,1H3. The quantitative estimate of drug-likeness (QED) is 0.835. The third-order valence-electron chi connectivity index (χ3n) is 4.53. The first-order valence-electron chi connectivity index (χ1n) is 8.15. The predicted molar refractivity (Wildman–Crippen MR) is 84.0 cm³/mol. The number of aromatic nitrogens is 2. The van der Waals surface area contributed by atoms with Crippen molar-refractivity contribution < 1.29 is 18.0 Å². The number of carbonyl (C=O) groups excluding carboxylic acids is 1. The maximum atomic E-state index is 13.3. The maximum Gasteiger partial charge on any atom is 0.408 e. The third-order valence-corrected chi connectivity index (χ3v) is 4.53. The molecule has 2 aromatic rings. The Morgan fingerprint density at radius 3 is 2.84 bits per heavy atom. The van der Waals surface area contributed by atoms with Gasteiger partial charge in [-0.15, -0.1) is 0 Å². The van der Waals surface area contributed by atoms with Crippen LogP contribution in [0.25, 0.3) is 5.65 Å². The van der Waals surface area contributed by atoms with Gasteiger partial charge in [-0.2, -0.15) is 18.4 Å². The number of nitriles is 1. The summed E-state index contributed by atoms with van der Waals surface area (Å²) in [6.07, 6.45) is -1.47. The van der Waals surface area contributed by atoms with Crippen molar-refractivity contribution in [3.63, 3.8) is 0 Å². The number of fused-ring (bicyclic) bond motifs is 1. The molecule has 0 aliphatic carbocycles. The lowest BCUT2D eigenvalue weighted by Gasteiger charge is -2.36. The van der Waals surface area contributed by atoms with E-state index < -0.39 is 18.1 Å². The van der Waals surface area contributed by atoms with E-state index in [0.29, 0.717) is 36.2 Å². The second kappa shape index (κ2) is 6.39. The summed E-state index contributed by atoms with van der Waals surface area (Å²) in [5.41, 5.74) is 1.36. The molecule has 1 atom stereocenters. The Morgan fingerprint density at radius 1 is 1.44 bits per heavy atom. The average molecular weight is 350 g/mol. The van der Waals surface area contributed by atoms with Crippen LogP contribution in [0.1, 0.15) is 47.9 Å². The van der Waals surface area contributed by atoms with E-state index in [1.54, 1.807) is 16.7 Å². The highest BCUT2D eigenvalue weighted by Gasteiger charge is 2.47. The average Bonchev–Trinajstić information content (AvgIpc) is 2.97. The van der Waals surface area contributed by atoms with Gasteiger partial charge in [-0.25, -0.2) is 4.98 Å². The second-order valence-corrected chi connectivity index (χ2v) is 6.07. The van der Waals surface area contributed by atoms with Crippen LogP contribution >= 0.6 is 0 Å². The molecule has 0 N–H and O–H groups in total. The minimum atomic E-state index is -4.45. The van der Waals surface area contributed by atoms with Gasteiger partial charge in [-0.05, 0) is 37.8 Å². The molecule has 132 valence electrons. The first-order chi connectivity index (χ1) is 11.9. The number of nitrogens with zero attached hydrogens (tertiary/aromatic N) is 4. The highest BCUT2D eigenvalue weighted by Crippen LogP contribution is 2.33. The summed E-state index contributed by atoms with van der Waals surface area (Å²) in [6, 6.07) is 3.33. The Kier molecular flexibility index (Phi) is 4.41. The summed E-state index contributed by atoms with van der Waals surface area (Å²) >= 11 is 0. The molecule has 25 heavy (non-hydrogen) atoms. The van der Waals surface area contributed by atoms with Crippen LogP contribution in [0.4, 0.5) is 13.2 Å². The molecule has 2 aromatic heterocycles. The first-order valence-corrected chi connectivity index (χ1v) is 8.15. The Hall–Kier alpha value is -2.56. The molecule has 1 saturated heterocycles. The van der Waals surface area contributed by atoms with Gasteiger partial charge in [0.1, 0.15) is 11.7 Å². The zero-order valence-corrected chi connectivity index (χ0v) is 13.7. The van der Waals surface area contributed by atoms with Crippen LogP contribution in [0, 0.1) is 11.3 Å². The van der Waals surface area contributed by atoms with Gasteiger partial charge in [-0.3, -0.25) is 4.79 Å². The monoisotopic (exact) mass is 350 g/mol. The van der Waals surface area contributed by atoms with E-state index in [1.807, 2.05) is 13.0 Å². The van der Waals surface area contributed by atoms with Gasteiger partial charge >= 0.3 is 6.18 Å². The number of halogens is 3. The summed E-state index contributed by atoms with van der Waals surface area (Å²) in [5, 5.41) is 8.98. The normalized spacial score (nSPS) is 18.4. The van der Waals surface area contributed by atoms with Crippen LogP contribution < -0.4 is 0 Å². The Labute approximate surface area is 142 Å². The van der Waals surface area contributed by atoms with E-state index in [4.69, 9.17) is 5.26 Å². The van der Waals surface area contributed by atoms with Gasteiger partial charge in [0.05, 0.1) is 17.3 Å². The Bertz CT molecular complexity index is 850. The number of piperidine rings is 1. The van der Waals surface area contributed by atoms with Gasteiger partial charge in [0.2, 0.25) is 0 Å². The van der Waals surface area contributed by atoms with Crippen molar-refractivity contribution in [1.29, 1.82) is 5.26 Å². The summed E-state index contributed by atoms with van der Waals surface area (Å²) in [5.74, 6) is -0.693. The van der Waals surface area contributed by atoms with E-state index in [2.05, 4.69) is 4.98 Å². The van der Waals surface area contributed by atoms with E-state index >= 15 is 0 Å². The lowest BCUT2D eigenvalue weighted by atomic mass is 10.0. The molecule has 0 radical (unpaired) electrons. The van der Waals surface area contributed by atoms with Crippen LogP contribution in [0.5, 0.6) is 0 Å². The fourth-order valence-corrected chi connectivity index (χ4v) is 3.33. The van der Waals surface area contributed by atoms with E-state index in [-0.39, 0.29) is 18.7 Å². The van der Waals surface area contributed by atoms with E-state index in [0.717, 1.165) is 4.90 Å². The van der Waals surface area contributed by atoms with Crippen LogP contribution in [0.3, 0.4) is 0 Å². The van der Waals surface area contributed by atoms with Crippen molar-refractivity contribution in [3.8, 4) is 6.07 Å². The largest absolute Gasteiger partial charge is 0.408 e. The van der Waals surface area contributed by atoms with E-state index in [9.17, 15) is 18.0 Å². The van der Waals surface area contributed by atoms with Crippen molar-refractivity contribution in [2.24, 2.45) is 0 Å². The number of hydrogen-bond donors (Lipinski definition) is 0. The molecule has 1 aliphatic heterocycles. The number of alkyl halides is 3. The zero-order valence-electron chi connectivity index (χ0n) is 13.7. The van der Waals surface area contributed by atoms with Crippen LogP contribution in [-0.2, 0) is 6.42 Å². The molecular weight excluding hydrogens is 333 g/mol. The minimum absolute atomic E-state index is 0.0359. The molecule has 1 fully saturated rings. The predicted octanol–water partition coefficient (Wildman–Crippen LogP) is 3.33. The lowest BCUT2D eigenvalue weighted by molar-refractivity contribution is -0.183. The minimum Gasteiger partial charge on any atom is -0.325 e.